The molecule has 0 N–H and O–H groups in total. The van der Waals surface area contributed by atoms with Crippen molar-refractivity contribution in [1.82, 2.24) is 0 Å². The molecule has 0 saturated carbocycles. The van der Waals surface area contributed by atoms with E-state index in [9.17, 15) is 0 Å². The molecule has 76 heavy (non-hydrogen) atoms. The molecule has 0 fully saturated rings. The van der Waals surface area contributed by atoms with E-state index in [1.807, 2.05) is 72.8 Å². The quantitative estimate of drug-likeness (QED) is 0.0915. The summed E-state index contributed by atoms with van der Waals surface area (Å²) in [6.07, 6.45) is 1.55. The Hall–Kier alpha value is -7.61. The second-order valence-electron chi connectivity index (χ2n) is 19.9. The lowest BCUT2D eigenvalue weighted by Gasteiger charge is -2.43. The van der Waals surface area contributed by atoms with E-state index in [1.54, 1.807) is 0 Å². The van der Waals surface area contributed by atoms with Crippen LogP contribution in [0.4, 0.5) is 17.1 Å². The highest BCUT2D eigenvalue weighted by molar-refractivity contribution is 7.83. The van der Waals surface area contributed by atoms with E-state index in [0.717, 1.165) is 48.5 Å². The van der Waals surface area contributed by atoms with Crippen molar-refractivity contribution in [2.24, 2.45) is 51.0 Å². The molecular formula is C62H57N10OP3. The van der Waals surface area contributed by atoms with Gasteiger partial charge in [0.05, 0.1) is 38.2 Å². The SMILES string of the molecule is CC12CP(c3ccccc3)(c3ccccc3)=NN=Nc3ccccc3C[N+]([O-])(Cc3ccccc3N=NN=P(c3ccccc3)(c3ccccc3)C1)Cc1ccccc1N=NN=P(c1ccccc1)(c1ccccc1)C2. The molecule has 0 radical (unpaired) electrons. The fourth-order valence-corrected chi connectivity index (χ4v) is 22.8. The van der Waals surface area contributed by atoms with Crippen LogP contribution in [0.1, 0.15) is 23.6 Å². The van der Waals surface area contributed by atoms with Gasteiger partial charge < -0.3 is 9.85 Å². The van der Waals surface area contributed by atoms with E-state index in [-0.39, 0.29) is 19.6 Å². The number of rotatable bonds is 6. The summed E-state index contributed by atoms with van der Waals surface area (Å²) in [5.74, 6) is 0. The van der Waals surface area contributed by atoms with E-state index in [4.69, 9.17) is 45.6 Å². The van der Waals surface area contributed by atoms with Gasteiger partial charge in [0.15, 0.2) is 0 Å². The van der Waals surface area contributed by atoms with E-state index < -0.39 is 31.2 Å². The molecule has 14 heteroatoms. The maximum absolute atomic E-state index is 16.2. The lowest BCUT2D eigenvalue weighted by molar-refractivity contribution is -0.920. The van der Waals surface area contributed by atoms with Gasteiger partial charge in [0.1, 0.15) is 19.6 Å². The third-order valence-corrected chi connectivity index (χ3v) is 26.1. The molecule has 11 nitrogen and oxygen atoms in total. The van der Waals surface area contributed by atoms with Gasteiger partial charge in [0, 0.05) is 16.7 Å². The molecule has 0 atom stereocenters. The largest absolute Gasteiger partial charge is 0.632 e. The highest BCUT2D eigenvalue weighted by atomic mass is 31.2. The van der Waals surface area contributed by atoms with Crippen LogP contribution in [0.3, 0.4) is 0 Å². The normalized spacial score (nSPS) is 20.0. The third-order valence-electron chi connectivity index (χ3n) is 14.3. The predicted octanol–water partition coefficient (Wildman–Crippen LogP) is 15.5. The zero-order valence-electron chi connectivity index (χ0n) is 42.2. The van der Waals surface area contributed by atoms with E-state index in [0.29, 0.717) is 35.5 Å². The molecular weight excluding hydrogens is 994 g/mol. The number of fused-ring (bicyclic) bond motifs is 6. The maximum atomic E-state index is 16.2. The number of hydroxylamine groups is 3. The molecule has 3 heterocycles. The smallest absolute Gasteiger partial charge is 0.107 e. The number of quaternary nitrogens is 1. The summed E-state index contributed by atoms with van der Waals surface area (Å²) in [5.41, 5.74) is 3.18. The van der Waals surface area contributed by atoms with Crippen molar-refractivity contribution in [1.29, 1.82) is 0 Å². The molecule has 0 aliphatic carbocycles. The van der Waals surface area contributed by atoms with Crippen molar-refractivity contribution < 1.29 is 4.65 Å². The molecule has 9 aromatic carbocycles. The van der Waals surface area contributed by atoms with Gasteiger partial charge in [-0.15, -0.1) is 29.9 Å². The van der Waals surface area contributed by atoms with Gasteiger partial charge in [0.2, 0.25) is 0 Å². The number of hydrogen-bond donors (Lipinski definition) is 0. The van der Waals surface area contributed by atoms with Gasteiger partial charge in [-0.05, 0) is 89.6 Å². The van der Waals surface area contributed by atoms with Crippen LogP contribution in [0.5, 0.6) is 0 Å². The summed E-state index contributed by atoms with van der Waals surface area (Å²) in [6.45, 7) is 2.54. The highest BCUT2D eigenvalue weighted by Crippen LogP contribution is 2.63. The third kappa shape index (κ3) is 10.6. The van der Waals surface area contributed by atoms with Crippen molar-refractivity contribution in [2.75, 3.05) is 18.5 Å². The monoisotopic (exact) mass is 1050 g/mol. The van der Waals surface area contributed by atoms with E-state index in [1.165, 1.54) is 0 Å². The number of hydrogen-bond acceptors (Lipinski definition) is 10. The fraction of sp³-hybridized carbons (Fsp3) is 0.129. The van der Waals surface area contributed by atoms with E-state index >= 15 is 5.21 Å². The standard InChI is InChI=1S/C62H57N10OP3/c1-62-47-74(53-29-8-2-9-30-53,54-31-10-3-11-32-54)69-66-63-59-41-23-20-26-50(59)44-72(73,45-51-27-21-24-42-60(51)64-67-70-75(48-62,55-33-12-4-13-34-55)56-35-14-5-15-36-56)46-52-28-22-25-43-61(52)65-68-71-76(49-62,57-37-16-6-17-38-57)58-39-18-7-19-40-58/h2-43H,44-49H2,1H3. The van der Waals surface area contributed by atoms with Gasteiger partial charge >= 0.3 is 0 Å². The Kier molecular flexibility index (Phi) is 14.8. The Morgan fingerprint density at radius 1 is 0.316 bits per heavy atom. The van der Waals surface area contributed by atoms with Crippen LogP contribution < -0.4 is 31.8 Å². The van der Waals surface area contributed by atoms with Gasteiger partial charge in [-0.1, -0.05) is 244 Å². The fourth-order valence-electron chi connectivity index (χ4n) is 11.0. The minimum absolute atomic E-state index is 0.0456. The van der Waals surface area contributed by atoms with Crippen LogP contribution in [-0.4, -0.2) is 23.1 Å². The molecule has 0 unspecified atom stereocenters. The molecule has 0 saturated heterocycles. The Morgan fingerprint density at radius 2 is 0.526 bits per heavy atom. The summed E-state index contributed by atoms with van der Waals surface area (Å²) < 4.78 is -0.726. The topological polar surface area (TPSA) is 134 Å². The second kappa shape index (κ2) is 22.3. The van der Waals surface area contributed by atoms with Gasteiger partial charge in [-0.25, -0.2) is 0 Å². The average molecular weight is 1050 g/mol. The van der Waals surface area contributed by atoms with Crippen molar-refractivity contribution in [3.05, 3.63) is 277 Å². The van der Waals surface area contributed by atoms with Crippen LogP contribution >= 0.6 is 21.2 Å². The van der Waals surface area contributed by atoms with Gasteiger partial charge in [0.25, 0.3) is 0 Å². The summed E-state index contributed by atoms with van der Waals surface area (Å²) in [7, 11) is -9.12. The Morgan fingerprint density at radius 3 is 0.763 bits per heavy atom. The molecule has 0 spiro atoms. The van der Waals surface area contributed by atoms with Crippen LogP contribution in [0, 0.1) is 10.6 Å². The molecule has 0 amide bonds. The Balaban J connectivity index is 1.33. The highest BCUT2D eigenvalue weighted by Gasteiger charge is 2.46. The molecule has 3 aliphatic rings. The second-order valence-corrected chi connectivity index (χ2v) is 29.1. The van der Waals surface area contributed by atoms with Crippen molar-refractivity contribution >= 4 is 70.1 Å². The molecule has 2 bridgehead atoms. The number of nitrogens with zero attached hydrogens (tertiary/aromatic N) is 10. The van der Waals surface area contributed by atoms with E-state index in [2.05, 4.69) is 189 Å². The zero-order chi connectivity index (χ0) is 51.7. The molecule has 0 aromatic heterocycles. The first-order valence-corrected chi connectivity index (χ1v) is 31.2. The first kappa shape index (κ1) is 50.5. The van der Waals surface area contributed by atoms with Crippen molar-refractivity contribution in [3.63, 3.8) is 0 Å². The van der Waals surface area contributed by atoms with Crippen LogP contribution in [0.25, 0.3) is 0 Å². The Bertz CT molecular complexity index is 3210. The minimum atomic E-state index is -3.04. The first-order valence-electron chi connectivity index (χ1n) is 25.5. The lowest BCUT2D eigenvalue weighted by atomic mass is 9.99. The first-order chi connectivity index (χ1) is 37.3. The summed E-state index contributed by atoms with van der Waals surface area (Å²) in [4.78, 5) is 17.0. The van der Waals surface area contributed by atoms with Crippen molar-refractivity contribution in [3.8, 4) is 0 Å². The minimum Gasteiger partial charge on any atom is -0.632 e. The van der Waals surface area contributed by atoms with Crippen molar-refractivity contribution in [2.45, 2.75) is 26.6 Å². The van der Waals surface area contributed by atoms with Crippen LogP contribution in [0.2, 0.25) is 0 Å². The van der Waals surface area contributed by atoms with Crippen LogP contribution in [-0.2, 0) is 19.6 Å². The Labute approximate surface area is 445 Å². The zero-order valence-corrected chi connectivity index (χ0v) is 44.9. The summed E-state index contributed by atoms with van der Waals surface area (Å²) in [6, 6.07) is 87.0. The predicted molar refractivity (Wildman–Crippen MR) is 315 cm³/mol. The summed E-state index contributed by atoms with van der Waals surface area (Å²) >= 11 is 0. The molecule has 12 rings (SSSR count). The molecule has 376 valence electrons. The number of benzene rings is 9. The van der Waals surface area contributed by atoms with Gasteiger partial charge in [-0.2, -0.15) is 0 Å². The van der Waals surface area contributed by atoms with Crippen LogP contribution in [0.15, 0.2) is 300 Å². The molecule has 9 aromatic rings. The average Bonchev–Trinajstić information content (AvgIpc) is 3.56. The lowest BCUT2D eigenvalue weighted by Crippen LogP contribution is -2.40. The molecule has 3 aliphatic heterocycles. The maximum Gasteiger partial charge on any atom is 0.107 e. The van der Waals surface area contributed by atoms with Gasteiger partial charge in [-0.3, -0.25) is 0 Å². The summed E-state index contributed by atoms with van der Waals surface area (Å²) in [5, 5.41) is 52.7.